The summed E-state index contributed by atoms with van der Waals surface area (Å²) in [6, 6.07) is 0. The Balaban J connectivity index is 4.34. The van der Waals surface area contributed by atoms with Crippen molar-refractivity contribution in [3.63, 3.8) is 0 Å². The van der Waals surface area contributed by atoms with Crippen molar-refractivity contribution in [3.05, 3.63) is 19.1 Å². The lowest BCUT2D eigenvalue weighted by atomic mass is 9.73. The summed E-state index contributed by atoms with van der Waals surface area (Å²) in [4.78, 5) is 0. The molecule has 1 unspecified atom stereocenters. The third-order valence-electron chi connectivity index (χ3n) is 2.37. The number of hydrogen-bond donors (Lipinski definition) is 0. The van der Waals surface area contributed by atoms with Crippen molar-refractivity contribution in [3.8, 4) is 12.3 Å². The zero-order valence-corrected chi connectivity index (χ0v) is 9.35. The van der Waals surface area contributed by atoms with Gasteiger partial charge in [-0.2, -0.15) is 5.41 Å². The average Bonchev–Trinajstić information content (AvgIpc) is 1.99. The van der Waals surface area contributed by atoms with Crippen LogP contribution >= 0.6 is 0 Å². The van der Waals surface area contributed by atoms with Gasteiger partial charge in [0.25, 0.3) is 0 Å². The largest absolute Gasteiger partial charge is 0.337 e. The predicted octanol–water partition coefficient (Wildman–Crippen LogP) is 3.84. The van der Waals surface area contributed by atoms with E-state index in [1.807, 2.05) is 0 Å². The van der Waals surface area contributed by atoms with E-state index in [0.29, 0.717) is 0 Å². The molecule has 0 nitrogen and oxygen atoms in total. The van der Waals surface area contributed by atoms with Crippen LogP contribution in [0.15, 0.2) is 12.2 Å². The van der Waals surface area contributed by atoms with Crippen LogP contribution in [0.4, 0.5) is 0 Å². The van der Waals surface area contributed by atoms with E-state index in [2.05, 4.69) is 46.6 Å². The Morgan fingerprint density at radius 2 is 1.92 bits per heavy atom. The summed E-state index contributed by atoms with van der Waals surface area (Å²) in [7, 11) is 0. The molecule has 0 aliphatic carbocycles. The van der Waals surface area contributed by atoms with Gasteiger partial charge >= 0.3 is 0 Å². The fourth-order valence-corrected chi connectivity index (χ4v) is 1.56. The number of hydrogen-bond acceptors (Lipinski definition) is 0. The van der Waals surface area contributed by atoms with Gasteiger partial charge in [-0.05, 0) is 11.5 Å². The Morgan fingerprint density at radius 3 is 2.31 bits per heavy atom. The normalized spacial score (nSPS) is 16.9. The predicted molar refractivity (Wildman–Crippen MR) is 60.1 cm³/mol. The molecule has 13 heavy (non-hydrogen) atoms. The molecule has 0 saturated carbocycles. The average molecular weight is 177 g/mol. The van der Waals surface area contributed by atoms with Gasteiger partial charge in [0.1, 0.15) is 0 Å². The SMILES string of the molecule is C#C/C=C\C(C)(C)CC([CH2-])(C)CC. The van der Waals surface area contributed by atoms with E-state index in [4.69, 9.17) is 6.42 Å². The minimum atomic E-state index is 0.152. The number of rotatable bonds is 4. The first-order valence-electron chi connectivity index (χ1n) is 4.82. The maximum Gasteiger partial charge on any atom is -0.0156 e. The van der Waals surface area contributed by atoms with Crippen LogP contribution in [0.3, 0.4) is 0 Å². The minimum absolute atomic E-state index is 0.152. The number of allylic oxidation sites excluding steroid dienone is 2. The molecule has 0 amide bonds. The molecule has 0 aromatic heterocycles. The summed E-state index contributed by atoms with van der Waals surface area (Å²) in [5, 5.41) is 0. The lowest BCUT2D eigenvalue weighted by Gasteiger charge is -2.38. The minimum Gasteiger partial charge on any atom is -0.337 e. The highest BCUT2D eigenvalue weighted by molar-refractivity contribution is 5.12. The molecule has 0 fully saturated rings. The topological polar surface area (TPSA) is 0 Å². The van der Waals surface area contributed by atoms with Gasteiger partial charge in [-0.3, -0.25) is 0 Å². The first kappa shape index (κ1) is 12.3. The summed E-state index contributed by atoms with van der Waals surface area (Å²) < 4.78 is 0. The second kappa shape index (κ2) is 4.51. The highest BCUT2D eigenvalue weighted by Crippen LogP contribution is 2.36. The molecule has 1 atom stereocenters. The van der Waals surface area contributed by atoms with Gasteiger partial charge in [-0.15, -0.1) is 6.42 Å². The first-order valence-corrected chi connectivity index (χ1v) is 4.82. The summed E-state index contributed by atoms with van der Waals surface area (Å²) >= 11 is 0. The molecule has 0 rings (SSSR count). The third-order valence-corrected chi connectivity index (χ3v) is 2.37. The molecule has 0 spiro atoms. The van der Waals surface area contributed by atoms with Crippen LogP contribution in [-0.4, -0.2) is 0 Å². The van der Waals surface area contributed by atoms with Crippen molar-refractivity contribution >= 4 is 0 Å². The molecule has 0 saturated heterocycles. The van der Waals surface area contributed by atoms with E-state index in [0.717, 1.165) is 12.8 Å². The fourth-order valence-electron chi connectivity index (χ4n) is 1.56. The van der Waals surface area contributed by atoms with E-state index in [-0.39, 0.29) is 10.8 Å². The first-order chi connectivity index (χ1) is 5.83. The molecule has 0 aromatic rings. The Kier molecular flexibility index (Phi) is 4.27. The molecule has 0 N–H and O–H groups in total. The lowest BCUT2D eigenvalue weighted by molar-refractivity contribution is 0.262. The zero-order chi connectivity index (χ0) is 10.5. The van der Waals surface area contributed by atoms with Crippen molar-refractivity contribution in [2.75, 3.05) is 0 Å². The van der Waals surface area contributed by atoms with Gasteiger partial charge in [-0.1, -0.05) is 52.5 Å². The maximum atomic E-state index is 5.18. The summed E-state index contributed by atoms with van der Waals surface area (Å²) in [5.41, 5.74) is 0.307. The van der Waals surface area contributed by atoms with E-state index in [1.54, 1.807) is 6.08 Å². The van der Waals surface area contributed by atoms with Crippen LogP contribution < -0.4 is 0 Å². The third kappa shape index (κ3) is 5.53. The second-order valence-electron chi connectivity index (χ2n) is 4.83. The van der Waals surface area contributed by atoms with E-state index in [1.165, 1.54) is 0 Å². The zero-order valence-electron chi connectivity index (χ0n) is 9.35. The van der Waals surface area contributed by atoms with Gasteiger partial charge in [0.2, 0.25) is 0 Å². The Bertz CT molecular complexity index is 211. The molecular formula is C13H21-. The van der Waals surface area contributed by atoms with Crippen LogP contribution in [0.5, 0.6) is 0 Å². The van der Waals surface area contributed by atoms with Gasteiger partial charge in [0, 0.05) is 0 Å². The van der Waals surface area contributed by atoms with Crippen molar-refractivity contribution in [1.29, 1.82) is 0 Å². The monoisotopic (exact) mass is 177 g/mol. The van der Waals surface area contributed by atoms with Gasteiger partial charge in [0.15, 0.2) is 0 Å². The van der Waals surface area contributed by atoms with E-state index >= 15 is 0 Å². The van der Waals surface area contributed by atoms with Gasteiger partial charge in [-0.25, -0.2) is 0 Å². The Labute approximate surface area is 83.4 Å². The van der Waals surface area contributed by atoms with Crippen LogP contribution in [0.25, 0.3) is 0 Å². The molecule has 0 bridgehead atoms. The lowest BCUT2D eigenvalue weighted by Crippen LogP contribution is -2.20. The maximum absolute atomic E-state index is 5.18. The van der Waals surface area contributed by atoms with Crippen LogP contribution in [0, 0.1) is 30.1 Å². The van der Waals surface area contributed by atoms with Crippen LogP contribution in [0.1, 0.15) is 40.5 Å². The molecule has 0 radical (unpaired) electrons. The molecule has 74 valence electrons. The molecule has 0 aromatic carbocycles. The van der Waals surface area contributed by atoms with E-state index in [9.17, 15) is 0 Å². The second-order valence-corrected chi connectivity index (χ2v) is 4.83. The van der Waals surface area contributed by atoms with E-state index < -0.39 is 0 Å². The summed E-state index contributed by atoms with van der Waals surface area (Å²) in [5.74, 6) is 2.53. The van der Waals surface area contributed by atoms with Crippen LogP contribution in [-0.2, 0) is 0 Å². The molecule has 0 aliphatic heterocycles. The highest BCUT2D eigenvalue weighted by Gasteiger charge is 2.20. The standard InChI is InChI=1S/C13H21/c1-7-9-10-13(5,6)11-12(3,4)8-2/h1,9-10H,3,8,11H2,2,4-6H3/q-1/b10-9-. The van der Waals surface area contributed by atoms with Gasteiger partial charge in [0.05, 0.1) is 0 Å². The summed E-state index contributed by atoms with van der Waals surface area (Å²) in [6.07, 6.45) is 11.2. The van der Waals surface area contributed by atoms with Crippen molar-refractivity contribution in [1.82, 2.24) is 0 Å². The summed E-state index contributed by atoms with van der Waals surface area (Å²) in [6.45, 7) is 13.0. The highest BCUT2D eigenvalue weighted by atomic mass is 14.3. The quantitative estimate of drug-likeness (QED) is 0.452. The molecule has 0 heterocycles. The molecule has 0 heteroatoms. The fraction of sp³-hybridized carbons (Fsp3) is 0.615. The molecular weight excluding hydrogens is 156 g/mol. The van der Waals surface area contributed by atoms with Crippen molar-refractivity contribution in [2.24, 2.45) is 10.8 Å². The van der Waals surface area contributed by atoms with Gasteiger partial charge < -0.3 is 6.92 Å². The Hall–Kier alpha value is -0.700. The smallest absolute Gasteiger partial charge is 0.0156 e. The molecule has 0 aliphatic rings. The number of terminal acetylenes is 1. The van der Waals surface area contributed by atoms with Crippen LogP contribution in [0.2, 0.25) is 0 Å². The Morgan fingerprint density at radius 1 is 1.38 bits per heavy atom. The van der Waals surface area contributed by atoms with Crippen molar-refractivity contribution in [2.45, 2.75) is 40.5 Å². The van der Waals surface area contributed by atoms with Crippen molar-refractivity contribution < 1.29 is 0 Å².